The minimum absolute atomic E-state index is 0.0870. The Balaban J connectivity index is 1.14. The first-order valence-electron chi connectivity index (χ1n) is 11.0. The van der Waals surface area contributed by atoms with Gasteiger partial charge in [-0.3, -0.25) is 4.79 Å². The van der Waals surface area contributed by atoms with Crippen molar-refractivity contribution in [3.05, 3.63) is 36.3 Å². The van der Waals surface area contributed by atoms with Gasteiger partial charge in [-0.25, -0.2) is 13.9 Å². The van der Waals surface area contributed by atoms with E-state index < -0.39 is 0 Å². The molecule has 0 atom stereocenters. The molecule has 4 heterocycles. The average Bonchev–Trinajstić information content (AvgIpc) is 3.51. The van der Waals surface area contributed by atoms with Crippen molar-refractivity contribution < 1.29 is 9.18 Å². The second-order valence-corrected chi connectivity index (χ2v) is 9.28. The first kappa shape index (κ1) is 20.4. The lowest BCUT2D eigenvalue weighted by molar-refractivity contribution is -0.125. The number of benzene rings is 1. The monoisotopic (exact) mass is 442 g/mol. The topological polar surface area (TPSA) is 65.8 Å². The number of carbonyl (C=O) groups excluding carboxylic acids is 1. The van der Waals surface area contributed by atoms with E-state index in [1.807, 2.05) is 6.20 Å². The minimum atomic E-state index is -0.256. The molecule has 2 aliphatic heterocycles. The number of imidazole rings is 1. The van der Waals surface area contributed by atoms with Gasteiger partial charge in [0.25, 0.3) is 0 Å². The van der Waals surface area contributed by atoms with Gasteiger partial charge in [-0.05, 0) is 63.0 Å². The Morgan fingerprint density at radius 2 is 1.87 bits per heavy atom. The first-order valence-corrected chi connectivity index (χ1v) is 11.8. The molecule has 1 aromatic carbocycles. The highest BCUT2D eigenvalue weighted by atomic mass is 32.1. The molecule has 31 heavy (non-hydrogen) atoms. The molecule has 0 spiro atoms. The van der Waals surface area contributed by atoms with Crippen LogP contribution in [0.25, 0.3) is 16.2 Å². The summed E-state index contributed by atoms with van der Waals surface area (Å²) < 4.78 is 14.9. The highest BCUT2D eigenvalue weighted by Gasteiger charge is 2.27. The normalized spacial score (nSPS) is 18.2. The highest BCUT2D eigenvalue weighted by Crippen LogP contribution is 2.29. The van der Waals surface area contributed by atoms with Crippen LogP contribution in [-0.4, -0.2) is 64.7 Å². The lowest BCUT2D eigenvalue weighted by Gasteiger charge is -2.30. The number of anilines is 1. The molecule has 0 unspecified atom stereocenters. The predicted molar refractivity (Wildman–Crippen MR) is 120 cm³/mol. The predicted octanol–water partition coefficient (Wildman–Crippen LogP) is 3.03. The van der Waals surface area contributed by atoms with Gasteiger partial charge in [-0.1, -0.05) is 11.3 Å². The number of fused-ring (bicyclic) bond motifs is 1. The fourth-order valence-electron chi connectivity index (χ4n) is 4.40. The summed E-state index contributed by atoms with van der Waals surface area (Å²) in [5.41, 5.74) is 1.66. The summed E-state index contributed by atoms with van der Waals surface area (Å²) in [4.78, 5) is 22.6. The van der Waals surface area contributed by atoms with Crippen molar-refractivity contribution in [3.8, 4) is 11.3 Å². The number of likely N-dealkylation sites (tertiary alicyclic amines) is 1. The molecule has 0 saturated carbocycles. The number of hydrogen-bond acceptors (Lipinski definition) is 6. The summed E-state index contributed by atoms with van der Waals surface area (Å²) >= 11 is 1.55. The zero-order valence-electron chi connectivity index (χ0n) is 17.5. The third-order valence-electron chi connectivity index (χ3n) is 6.23. The fraction of sp³-hybridized carbons (Fsp3) is 0.500. The fourth-order valence-corrected chi connectivity index (χ4v) is 5.33. The van der Waals surface area contributed by atoms with Crippen LogP contribution in [0.15, 0.2) is 30.5 Å². The number of carbonyl (C=O) groups is 1. The largest absolute Gasteiger partial charge is 0.355 e. The maximum absolute atomic E-state index is 13.1. The molecule has 2 saturated heterocycles. The summed E-state index contributed by atoms with van der Waals surface area (Å²) in [6, 6.07) is 6.33. The van der Waals surface area contributed by atoms with Gasteiger partial charge < -0.3 is 15.1 Å². The van der Waals surface area contributed by atoms with Crippen LogP contribution in [0, 0.1) is 11.7 Å². The number of piperidine rings is 1. The number of rotatable bonds is 6. The lowest BCUT2D eigenvalue weighted by atomic mass is 9.96. The van der Waals surface area contributed by atoms with E-state index >= 15 is 0 Å². The summed E-state index contributed by atoms with van der Waals surface area (Å²) in [5, 5.41) is 8.74. The van der Waals surface area contributed by atoms with E-state index in [0.717, 1.165) is 73.5 Å². The lowest BCUT2D eigenvalue weighted by Crippen LogP contribution is -2.42. The van der Waals surface area contributed by atoms with Crippen molar-refractivity contribution in [3.63, 3.8) is 0 Å². The molecule has 164 valence electrons. The molecular formula is C22H27FN6OS. The molecule has 2 aromatic heterocycles. The van der Waals surface area contributed by atoms with E-state index in [-0.39, 0.29) is 17.6 Å². The zero-order chi connectivity index (χ0) is 21.2. The third kappa shape index (κ3) is 4.57. The Morgan fingerprint density at radius 3 is 2.58 bits per heavy atom. The van der Waals surface area contributed by atoms with E-state index in [9.17, 15) is 9.18 Å². The summed E-state index contributed by atoms with van der Waals surface area (Å²) in [6.45, 7) is 5.69. The van der Waals surface area contributed by atoms with Crippen LogP contribution in [-0.2, 0) is 4.79 Å². The Kier molecular flexibility index (Phi) is 5.87. The van der Waals surface area contributed by atoms with Crippen LogP contribution in [0.2, 0.25) is 0 Å². The number of nitrogens with one attached hydrogen (secondary N) is 1. The van der Waals surface area contributed by atoms with E-state index in [1.165, 1.54) is 25.0 Å². The molecule has 1 amide bonds. The van der Waals surface area contributed by atoms with E-state index in [2.05, 4.69) is 25.2 Å². The molecule has 7 nitrogen and oxygen atoms in total. The highest BCUT2D eigenvalue weighted by molar-refractivity contribution is 7.20. The van der Waals surface area contributed by atoms with Gasteiger partial charge in [0.2, 0.25) is 16.0 Å². The molecule has 2 fully saturated rings. The van der Waals surface area contributed by atoms with Crippen LogP contribution in [0.1, 0.15) is 25.7 Å². The van der Waals surface area contributed by atoms with Gasteiger partial charge >= 0.3 is 0 Å². The van der Waals surface area contributed by atoms with Crippen LogP contribution in [0.4, 0.5) is 9.52 Å². The number of nitrogens with zero attached hydrogens (tertiary/aromatic N) is 5. The smallest absolute Gasteiger partial charge is 0.223 e. The Labute approximate surface area is 184 Å². The minimum Gasteiger partial charge on any atom is -0.355 e. The average molecular weight is 443 g/mol. The van der Waals surface area contributed by atoms with Crippen molar-refractivity contribution in [1.29, 1.82) is 0 Å². The standard InChI is InChI=1S/C22H27FN6OS/c23-18-5-3-16(4-6-18)19-15-29-21(25-19)31-22(26-29)28-12-7-17(8-13-28)20(30)24-9-14-27-10-1-2-11-27/h3-6,15,17H,1-2,7-14H2,(H,24,30). The molecule has 0 aliphatic carbocycles. The van der Waals surface area contributed by atoms with E-state index in [0.29, 0.717) is 0 Å². The molecule has 3 aromatic rings. The second kappa shape index (κ2) is 8.92. The molecule has 2 aliphatic rings. The third-order valence-corrected chi connectivity index (χ3v) is 7.22. The van der Waals surface area contributed by atoms with Crippen LogP contribution in [0.5, 0.6) is 0 Å². The number of amides is 1. The molecule has 0 radical (unpaired) electrons. The first-order chi connectivity index (χ1) is 15.2. The van der Waals surface area contributed by atoms with Gasteiger partial charge in [-0.15, -0.1) is 5.10 Å². The van der Waals surface area contributed by atoms with E-state index in [1.54, 1.807) is 28.0 Å². The van der Waals surface area contributed by atoms with Gasteiger partial charge in [0.15, 0.2) is 0 Å². The molecule has 0 bridgehead atoms. The van der Waals surface area contributed by atoms with Crippen molar-refractivity contribution >= 4 is 27.3 Å². The van der Waals surface area contributed by atoms with Crippen LogP contribution >= 0.6 is 11.3 Å². The Morgan fingerprint density at radius 1 is 1.13 bits per heavy atom. The molecule has 5 rings (SSSR count). The van der Waals surface area contributed by atoms with Gasteiger partial charge in [-0.2, -0.15) is 0 Å². The molecule has 9 heteroatoms. The van der Waals surface area contributed by atoms with Crippen LogP contribution in [0.3, 0.4) is 0 Å². The van der Waals surface area contributed by atoms with Gasteiger partial charge in [0, 0.05) is 37.7 Å². The number of aromatic nitrogens is 3. The van der Waals surface area contributed by atoms with Gasteiger partial charge in [0.1, 0.15) is 5.82 Å². The van der Waals surface area contributed by atoms with E-state index in [4.69, 9.17) is 0 Å². The maximum Gasteiger partial charge on any atom is 0.223 e. The van der Waals surface area contributed by atoms with Crippen molar-refractivity contribution in [2.24, 2.45) is 5.92 Å². The van der Waals surface area contributed by atoms with Crippen molar-refractivity contribution in [1.82, 2.24) is 24.8 Å². The molecular weight excluding hydrogens is 415 g/mol. The second-order valence-electron chi connectivity index (χ2n) is 8.35. The SMILES string of the molecule is O=C(NCCN1CCCC1)C1CCN(c2nn3cc(-c4ccc(F)cc4)nc3s2)CC1. The summed E-state index contributed by atoms with van der Waals surface area (Å²) in [5.74, 6) is 0.0227. The zero-order valence-corrected chi connectivity index (χ0v) is 18.3. The van der Waals surface area contributed by atoms with Gasteiger partial charge in [0.05, 0.1) is 11.9 Å². The Hall–Kier alpha value is -2.52. The number of hydrogen-bond donors (Lipinski definition) is 1. The maximum atomic E-state index is 13.1. The quantitative estimate of drug-likeness (QED) is 0.636. The molecule has 1 N–H and O–H groups in total. The summed E-state index contributed by atoms with van der Waals surface area (Å²) in [6.07, 6.45) is 6.13. The van der Waals surface area contributed by atoms with Crippen molar-refractivity contribution in [2.75, 3.05) is 44.2 Å². The van der Waals surface area contributed by atoms with Crippen LogP contribution < -0.4 is 10.2 Å². The van der Waals surface area contributed by atoms with Crippen molar-refractivity contribution in [2.45, 2.75) is 25.7 Å². The Bertz CT molecular complexity index is 1000. The summed E-state index contributed by atoms with van der Waals surface area (Å²) in [7, 11) is 0. The number of halogens is 1.